The standard InChI is InChI=1S/C16H24N2O4S/c1-14-5-7-15(8-6-14)18(23(2,20)21)9-3-4-16(19)17-10-12-22-13-11-17/h5-8H,3-4,9-13H2,1-2H3. The number of carbonyl (C=O) groups is 1. The summed E-state index contributed by atoms with van der Waals surface area (Å²) >= 11 is 0. The quantitative estimate of drug-likeness (QED) is 0.785. The highest BCUT2D eigenvalue weighted by atomic mass is 32.2. The fourth-order valence-electron chi connectivity index (χ4n) is 2.54. The Morgan fingerprint density at radius 1 is 1.22 bits per heavy atom. The minimum absolute atomic E-state index is 0.0608. The average molecular weight is 340 g/mol. The van der Waals surface area contributed by atoms with Crippen molar-refractivity contribution >= 4 is 21.6 Å². The normalized spacial score (nSPS) is 15.5. The monoisotopic (exact) mass is 340 g/mol. The summed E-state index contributed by atoms with van der Waals surface area (Å²) in [4.78, 5) is 13.9. The predicted molar refractivity (Wildman–Crippen MR) is 90.0 cm³/mol. The fraction of sp³-hybridized carbons (Fsp3) is 0.562. The Hall–Kier alpha value is -1.60. The van der Waals surface area contributed by atoms with Gasteiger partial charge in [-0.05, 0) is 25.5 Å². The maximum absolute atomic E-state index is 12.1. The second kappa shape index (κ2) is 7.79. The van der Waals surface area contributed by atoms with Gasteiger partial charge in [-0.3, -0.25) is 9.10 Å². The van der Waals surface area contributed by atoms with Crippen LogP contribution in [0.25, 0.3) is 0 Å². The van der Waals surface area contributed by atoms with Crippen LogP contribution in [0.1, 0.15) is 18.4 Å². The van der Waals surface area contributed by atoms with E-state index in [0.29, 0.717) is 51.4 Å². The van der Waals surface area contributed by atoms with Crippen LogP contribution in [0.15, 0.2) is 24.3 Å². The fourth-order valence-corrected chi connectivity index (χ4v) is 3.51. The Morgan fingerprint density at radius 2 is 1.83 bits per heavy atom. The van der Waals surface area contributed by atoms with Crippen LogP contribution in [0, 0.1) is 6.92 Å². The van der Waals surface area contributed by atoms with E-state index in [9.17, 15) is 13.2 Å². The van der Waals surface area contributed by atoms with Crippen LogP contribution in [0.4, 0.5) is 5.69 Å². The summed E-state index contributed by atoms with van der Waals surface area (Å²) in [7, 11) is -3.37. The first-order valence-electron chi connectivity index (χ1n) is 7.78. The van der Waals surface area contributed by atoms with Gasteiger partial charge in [0, 0.05) is 26.1 Å². The third kappa shape index (κ3) is 5.21. The minimum Gasteiger partial charge on any atom is -0.378 e. The van der Waals surface area contributed by atoms with Gasteiger partial charge in [0.25, 0.3) is 0 Å². The second-order valence-corrected chi connectivity index (χ2v) is 7.67. The van der Waals surface area contributed by atoms with Gasteiger partial charge in [-0.15, -0.1) is 0 Å². The van der Waals surface area contributed by atoms with Gasteiger partial charge in [-0.25, -0.2) is 8.42 Å². The molecule has 23 heavy (non-hydrogen) atoms. The molecule has 1 amide bonds. The van der Waals surface area contributed by atoms with Gasteiger partial charge in [0.05, 0.1) is 25.2 Å². The smallest absolute Gasteiger partial charge is 0.232 e. The molecule has 0 radical (unpaired) electrons. The summed E-state index contributed by atoms with van der Waals surface area (Å²) in [6.07, 6.45) is 2.03. The number of hydrogen-bond acceptors (Lipinski definition) is 4. The molecule has 1 heterocycles. The third-order valence-corrected chi connectivity index (χ3v) is 5.03. The van der Waals surface area contributed by atoms with Crippen molar-refractivity contribution in [3.63, 3.8) is 0 Å². The summed E-state index contributed by atoms with van der Waals surface area (Å²) in [5, 5.41) is 0. The summed E-state index contributed by atoms with van der Waals surface area (Å²) in [5.74, 6) is 0.0608. The number of morpholine rings is 1. The highest BCUT2D eigenvalue weighted by Crippen LogP contribution is 2.19. The summed E-state index contributed by atoms with van der Waals surface area (Å²) in [6.45, 7) is 4.64. The zero-order chi connectivity index (χ0) is 16.9. The molecule has 1 saturated heterocycles. The van der Waals surface area contributed by atoms with E-state index in [4.69, 9.17) is 4.74 Å². The highest BCUT2D eigenvalue weighted by Gasteiger charge is 2.20. The Kier molecular flexibility index (Phi) is 6.01. The number of benzene rings is 1. The van der Waals surface area contributed by atoms with E-state index >= 15 is 0 Å². The van der Waals surface area contributed by atoms with E-state index in [0.717, 1.165) is 5.56 Å². The van der Waals surface area contributed by atoms with Crippen LogP contribution >= 0.6 is 0 Å². The lowest BCUT2D eigenvalue weighted by Gasteiger charge is -2.27. The Labute approximate surface area is 138 Å². The predicted octanol–water partition coefficient (Wildman–Crippen LogP) is 1.40. The van der Waals surface area contributed by atoms with Gasteiger partial charge < -0.3 is 9.64 Å². The topological polar surface area (TPSA) is 66.9 Å². The van der Waals surface area contributed by atoms with Crippen molar-refractivity contribution in [1.82, 2.24) is 4.90 Å². The molecule has 6 nitrogen and oxygen atoms in total. The minimum atomic E-state index is -3.37. The Balaban J connectivity index is 1.94. The molecule has 0 aromatic heterocycles. The average Bonchev–Trinajstić information content (AvgIpc) is 2.52. The van der Waals surface area contributed by atoms with Gasteiger partial charge in [0.1, 0.15) is 0 Å². The number of hydrogen-bond donors (Lipinski definition) is 0. The largest absolute Gasteiger partial charge is 0.378 e. The molecule has 0 spiro atoms. The highest BCUT2D eigenvalue weighted by molar-refractivity contribution is 7.92. The molecule has 128 valence electrons. The van der Waals surface area contributed by atoms with Crippen molar-refractivity contribution in [2.45, 2.75) is 19.8 Å². The third-order valence-electron chi connectivity index (χ3n) is 3.84. The van der Waals surface area contributed by atoms with Gasteiger partial charge in [-0.1, -0.05) is 17.7 Å². The van der Waals surface area contributed by atoms with Gasteiger partial charge >= 0.3 is 0 Å². The summed E-state index contributed by atoms with van der Waals surface area (Å²) in [6, 6.07) is 7.35. The lowest BCUT2D eigenvalue weighted by molar-refractivity contribution is -0.135. The number of ether oxygens (including phenoxy) is 1. The number of sulfonamides is 1. The summed E-state index contributed by atoms with van der Waals surface area (Å²) in [5.41, 5.74) is 1.71. The molecule has 0 unspecified atom stereocenters. The van der Waals surface area contributed by atoms with E-state index in [2.05, 4.69) is 0 Å². The maximum atomic E-state index is 12.1. The van der Waals surface area contributed by atoms with E-state index in [1.54, 1.807) is 17.0 Å². The number of aryl methyl sites for hydroxylation is 1. The van der Waals surface area contributed by atoms with E-state index < -0.39 is 10.0 Å². The molecule has 0 saturated carbocycles. The molecule has 1 aliphatic rings. The first-order chi connectivity index (χ1) is 10.9. The molecule has 0 atom stereocenters. The van der Waals surface area contributed by atoms with Crippen molar-refractivity contribution in [2.75, 3.05) is 43.4 Å². The molecule has 0 N–H and O–H groups in total. The zero-order valence-electron chi connectivity index (χ0n) is 13.7. The maximum Gasteiger partial charge on any atom is 0.232 e. The molecule has 0 aliphatic carbocycles. The first-order valence-corrected chi connectivity index (χ1v) is 9.62. The molecule has 1 aromatic rings. The first kappa shape index (κ1) is 17.7. The van der Waals surface area contributed by atoms with Crippen LogP contribution in [0.5, 0.6) is 0 Å². The van der Waals surface area contributed by atoms with E-state index in [1.165, 1.54) is 10.6 Å². The SMILES string of the molecule is Cc1ccc(N(CCCC(=O)N2CCOCC2)S(C)(=O)=O)cc1. The zero-order valence-corrected chi connectivity index (χ0v) is 14.5. The number of anilines is 1. The molecule has 1 aliphatic heterocycles. The van der Waals surface area contributed by atoms with Crippen molar-refractivity contribution in [3.8, 4) is 0 Å². The number of carbonyl (C=O) groups excluding carboxylic acids is 1. The molecule has 7 heteroatoms. The second-order valence-electron chi connectivity index (χ2n) is 5.77. The van der Waals surface area contributed by atoms with Crippen LogP contribution in [-0.2, 0) is 19.6 Å². The lowest BCUT2D eigenvalue weighted by Crippen LogP contribution is -2.41. The molecule has 0 bridgehead atoms. The molecule has 1 aromatic carbocycles. The van der Waals surface area contributed by atoms with Gasteiger partial charge in [0.15, 0.2) is 0 Å². The Morgan fingerprint density at radius 3 is 2.39 bits per heavy atom. The lowest BCUT2D eigenvalue weighted by atomic mass is 10.2. The van der Waals surface area contributed by atoms with Crippen LogP contribution in [-0.4, -0.2) is 58.3 Å². The number of nitrogens with zero attached hydrogens (tertiary/aromatic N) is 2. The van der Waals surface area contributed by atoms with E-state index in [-0.39, 0.29) is 5.91 Å². The molecular formula is C16H24N2O4S. The van der Waals surface area contributed by atoms with Crippen LogP contribution in [0.3, 0.4) is 0 Å². The van der Waals surface area contributed by atoms with Crippen molar-refractivity contribution < 1.29 is 17.9 Å². The molecular weight excluding hydrogens is 316 g/mol. The van der Waals surface area contributed by atoms with E-state index in [1.807, 2.05) is 19.1 Å². The van der Waals surface area contributed by atoms with Crippen molar-refractivity contribution in [1.29, 1.82) is 0 Å². The van der Waals surface area contributed by atoms with Gasteiger partial charge in [-0.2, -0.15) is 0 Å². The Bertz CT molecular complexity index is 622. The molecule has 1 fully saturated rings. The molecule has 2 rings (SSSR count). The number of rotatable bonds is 6. The van der Waals surface area contributed by atoms with Crippen LogP contribution < -0.4 is 4.31 Å². The van der Waals surface area contributed by atoms with Crippen molar-refractivity contribution in [2.24, 2.45) is 0 Å². The number of amides is 1. The van der Waals surface area contributed by atoms with Crippen molar-refractivity contribution in [3.05, 3.63) is 29.8 Å². The van der Waals surface area contributed by atoms with Gasteiger partial charge in [0.2, 0.25) is 15.9 Å². The van der Waals surface area contributed by atoms with Crippen LogP contribution in [0.2, 0.25) is 0 Å². The summed E-state index contributed by atoms with van der Waals surface area (Å²) < 4.78 is 30.6.